The first-order valence-electron chi connectivity index (χ1n) is 9.01. The van der Waals surface area contributed by atoms with Crippen LogP contribution in [0.15, 0.2) is 69.1 Å². The highest BCUT2D eigenvalue weighted by Crippen LogP contribution is 2.36. The van der Waals surface area contributed by atoms with Crippen LogP contribution in [0, 0.1) is 17.1 Å². The molecule has 0 spiro atoms. The summed E-state index contributed by atoms with van der Waals surface area (Å²) in [6.07, 6.45) is 1.44. The second-order valence-corrected chi connectivity index (χ2v) is 9.01. The summed E-state index contributed by atoms with van der Waals surface area (Å²) in [4.78, 5) is 12.5. The minimum atomic E-state index is -0.593. The van der Waals surface area contributed by atoms with E-state index in [1.165, 1.54) is 24.3 Å². The lowest BCUT2D eigenvalue weighted by atomic mass is 10.1. The van der Waals surface area contributed by atoms with Crippen molar-refractivity contribution < 1.29 is 13.9 Å². The Bertz CT molecular complexity index is 1240. The predicted octanol–water partition coefficient (Wildman–Crippen LogP) is 7.78. The molecule has 32 heavy (non-hydrogen) atoms. The number of nitriles is 1. The number of amides is 1. The predicted molar refractivity (Wildman–Crippen MR) is 131 cm³/mol. The van der Waals surface area contributed by atoms with E-state index in [1.807, 2.05) is 6.07 Å². The Labute approximate surface area is 210 Å². The second-order valence-electron chi connectivity index (χ2n) is 6.49. The number of carbonyl (C=O) groups excluding carboxylic acids is 1. The molecule has 0 atom stereocenters. The average molecular weight is 599 g/mol. The van der Waals surface area contributed by atoms with Gasteiger partial charge in [0.05, 0.1) is 19.0 Å². The highest BCUT2D eigenvalue weighted by Gasteiger charge is 2.13. The molecule has 0 bridgehead atoms. The summed E-state index contributed by atoms with van der Waals surface area (Å²) in [7, 11) is 0. The SMILES string of the molecule is N#C/C(=C\c1cc(Br)c(OCc2cccc(F)c2)c(Br)c1)C(=O)Nc1ccc(Cl)c(Cl)c1. The standard InChI is InChI=1S/C23H13Br2Cl2FN2O2/c24-18-8-14(9-19(25)22(18)32-12-13-2-1-3-16(28)7-13)6-15(11-29)23(31)30-17-4-5-20(26)21(27)10-17/h1-10H,12H2,(H,30,31)/b15-6+. The van der Waals surface area contributed by atoms with Gasteiger partial charge in [-0.3, -0.25) is 4.79 Å². The lowest BCUT2D eigenvalue weighted by Crippen LogP contribution is -2.13. The van der Waals surface area contributed by atoms with Gasteiger partial charge in [-0.1, -0.05) is 35.3 Å². The summed E-state index contributed by atoms with van der Waals surface area (Å²) in [6, 6.07) is 16.0. The number of rotatable bonds is 6. The molecular formula is C23H13Br2Cl2FN2O2. The molecule has 0 aliphatic rings. The Morgan fingerprint density at radius 3 is 2.44 bits per heavy atom. The van der Waals surface area contributed by atoms with Crippen LogP contribution in [0.5, 0.6) is 5.75 Å². The fourth-order valence-corrected chi connectivity index (χ4v) is 4.42. The molecular weight excluding hydrogens is 586 g/mol. The van der Waals surface area contributed by atoms with Gasteiger partial charge in [0.15, 0.2) is 0 Å². The van der Waals surface area contributed by atoms with Crippen molar-refractivity contribution in [1.29, 1.82) is 5.26 Å². The van der Waals surface area contributed by atoms with E-state index in [0.29, 0.717) is 36.5 Å². The molecule has 0 aliphatic heterocycles. The number of nitrogens with zero attached hydrogens (tertiary/aromatic N) is 1. The largest absolute Gasteiger partial charge is 0.487 e. The van der Waals surface area contributed by atoms with Crippen LogP contribution < -0.4 is 10.1 Å². The number of halogens is 5. The Morgan fingerprint density at radius 1 is 1.09 bits per heavy atom. The minimum absolute atomic E-state index is 0.108. The van der Waals surface area contributed by atoms with Crippen LogP contribution in [0.4, 0.5) is 10.1 Å². The van der Waals surface area contributed by atoms with Gasteiger partial charge in [0.2, 0.25) is 0 Å². The van der Waals surface area contributed by atoms with E-state index in [4.69, 9.17) is 27.9 Å². The number of carbonyl (C=O) groups is 1. The van der Waals surface area contributed by atoms with Gasteiger partial charge in [0.1, 0.15) is 29.8 Å². The molecule has 0 saturated carbocycles. The summed E-state index contributed by atoms with van der Waals surface area (Å²) in [6.45, 7) is 0.166. The summed E-state index contributed by atoms with van der Waals surface area (Å²) in [5.41, 5.74) is 1.57. The van der Waals surface area contributed by atoms with Gasteiger partial charge >= 0.3 is 0 Å². The molecule has 0 saturated heterocycles. The summed E-state index contributed by atoms with van der Waals surface area (Å²) >= 11 is 18.7. The Morgan fingerprint density at radius 2 is 1.81 bits per heavy atom. The molecule has 0 unspecified atom stereocenters. The zero-order valence-electron chi connectivity index (χ0n) is 16.1. The zero-order valence-corrected chi connectivity index (χ0v) is 20.8. The van der Waals surface area contributed by atoms with Crippen LogP contribution in [-0.4, -0.2) is 5.91 Å². The molecule has 0 heterocycles. The van der Waals surface area contributed by atoms with Crippen LogP contribution in [0.3, 0.4) is 0 Å². The van der Waals surface area contributed by atoms with Crippen LogP contribution >= 0.6 is 55.1 Å². The third kappa shape index (κ3) is 6.33. The Kier molecular flexibility index (Phi) is 8.32. The molecule has 0 radical (unpaired) electrons. The van der Waals surface area contributed by atoms with Gasteiger partial charge in [-0.2, -0.15) is 5.26 Å². The van der Waals surface area contributed by atoms with Crippen LogP contribution in [0.2, 0.25) is 10.0 Å². The maximum atomic E-state index is 13.3. The van der Waals surface area contributed by atoms with Gasteiger partial charge in [-0.25, -0.2) is 4.39 Å². The fourth-order valence-electron chi connectivity index (χ4n) is 2.67. The van der Waals surface area contributed by atoms with E-state index in [9.17, 15) is 14.4 Å². The Balaban J connectivity index is 1.77. The summed E-state index contributed by atoms with van der Waals surface area (Å²) in [5, 5.41) is 12.7. The van der Waals surface area contributed by atoms with E-state index in [0.717, 1.165) is 0 Å². The van der Waals surface area contributed by atoms with E-state index in [2.05, 4.69) is 37.2 Å². The maximum absolute atomic E-state index is 13.3. The third-order valence-corrected chi connectivity index (χ3v) is 6.06. The zero-order chi connectivity index (χ0) is 23.3. The monoisotopic (exact) mass is 596 g/mol. The van der Waals surface area contributed by atoms with Gasteiger partial charge < -0.3 is 10.1 Å². The van der Waals surface area contributed by atoms with Gasteiger partial charge in [-0.05, 0) is 91.5 Å². The smallest absolute Gasteiger partial charge is 0.266 e. The first kappa shape index (κ1) is 24.3. The summed E-state index contributed by atoms with van der Waals surface area (Å²) < 4.78 is 20.3. The second kappa shape index (κ2) is 11.0. The summed E-state index contributed by atoms with van der Waals surface area (Å²) in [5.74, 6) is -0.428. The van der Waals surface area contributed by atoms with E-state index in [-0.39, 0.29) is 23.0 Å². The van der Waals surface area contributed by atoms with Crippen LogP contribution in [0.25, 0.3) is 6.08 Å². The average Bonchev–Trinajstić information content (AvgIpc) is 2.74. The van der Waals surface area contributed by atoms with Crippen molar-refractivity contribution in [2.75, 3.05) is 5.32 Å². The molecule has 3 aromatic rings. The quantitative estimate of drug-likeness (QED) is 0.233. The highest BCUT2D eigenvalue weighted by molar-refractivity contribution is 9.11. The van der Waals surface area contributed by atoms with Gasteiger partial charge in [-0.15, -0.1) is 0 Å². The minimum Gasteiger partial charge on any atom is -0.487 e. The van der Waals surface area contributed by atoms with E-state index >= 15 is 0 Å². The molecule has 1 amide bonds. The number of benzene rings is 3. The van der Waals surface area contributed by atoms with Crippen molar-refractivity contribution >= 4 is 72.7 Å². The maximum Gasteiger partial charge on any atom is 0.266 e. The van der Waals surface area contributed by atoms with Crippen LogP contribution in [-0.2, 0) is 11.4 Å². The lowest BCUT2D eigenvalue weighted by Gasteiger charge is -2.12. The first-order valence-corrected chi connectivity index (χ1v) is 11.4. The van der Waals surface area contributed by atoms with E-state index in [1.54, 1.807) is 36.4 Å². The van der Waals surface area contributed by atoms with Gasteiger partial charge in [0.25, 0.3) is 5.91 Å². The highest BCUT2D eigenvalue weighted by atomic mass is 79.9. The van der Waals surface area contributed by atoms with Crippen molar-refractivity contribution in [3.8, 4) is 11.8 Å². The molecule has 1 N–H and O–H groups in total. The molecule has 3 aromatic carbocycles. The third-order valence-electron chi connectivity index (χ3n) is 4.15. The topological polar surface area (TPSA) is 62.1 Å². The molecule has 0 fully saturated rings. The molecule has 9 heteroatoms. The fraction of sp³-hybridized carbons (Fsp3) is 0.0435. The number of nitrogens with one attached hydrogen (secondary N) is 1. The molecule has 0 aromatic heterocycles. The first-order chi connectivity index (χ1) is 15.3. The number of ether oxygens (including phenoxy) is 1. The molecule has 0 aliphatic carbocycles. The Hall–Kier alpha value is -2.37. The van der Waals surface area contributed by atoms with E-state index < -0.39 is 5.91 Å². The number of hydrogen-bond acceptors (Lipinski definition) is 3. The van der Waals surface area contributed by atoms with Crippen molar-refractivity contribution in [3.05, 3.63) is 96.1 Å². The lowest BCUT2D eigenvalue weighted by molar-refractivity contribution is -0.112. The van der Waals surface area contributed by atoms with Crippen molar-refractivity contribution in [2.45, 2.75) is 6.61 Å². The van der Waals surface area contributed by atoms with Crippen LogP contribution in [0.1, 0.15) is 11.1 Å². The number of hydrogen-bond donors (Lipinski definition) is 1. The molecule has 4 nitrogen and oxygen atoms in total. The molecule has 3 rings (SSSR count). The van der Waals surface area contributed by atoms with Crippen molar-refractivity contribution in [1.82, 2.24) is 0 Å². The van der Waals surface area contributed by atoms with Gasteiger partial charge in [0, 0.05) is 5.69 Å². The normalized spacial score (nSPS) is 11.1. The number of anilines is 1. The van der Waals surface area contributed by atoms with Crippen molar-refractivity contribution in [3.63, 3.8) is 0 Å². The molecule has 162 valence electrons. The van der Waals surface area contributed by atoms with Crippen molar-refractivity contribution in [2.24, 2.45) is 0 Å².